The van der Waals surface area contributed by atoms with Crippen LogP contribution in [0.1, 0.15) is 31.2 Å². The van der Waals surface area contributed by atoms with Crippen LogP contribution in [0.4, 0.5) is 5.69 Å². The number of hydrogen-bond acceptors (Lipinski definition) is 3. The van der Waals surface area contributed by atoms with E-state index in [2.05, 4.69) is 10.3 Å². The summed E-state index contributed by atoms with van der Waals surface area (Å²) in [5.41, 5.74) is 3.15. The highest BCUT2D eigenvalue weighted by molar-refractivity contribution is 6.02. The number of hydrogen-bond donors (Lipinski definition) is 1. The third-order valence-electron chi connectivity index (χ3n) is 3.39. The fourth-order valence-corrected chi connectivity index (χ4v) is 2.19. The zero-order valence-electron chi connectivity index (χ0n) is 13.1. The molecule has 0 unspecified atom stereocenters. The molecule has 4 heteroatoms. The highest BCUT2D eigenvalue weighted by Gasteiger charge is 2.10. The normalized spacial score (nSPS) is 11.4. The van der Waals surface area contributed by atoms with Crippen molar-refractivity contribution in [2.75, 3.05) is 5.32 Å². The first-order chi connectivity index (χ1) is 11.1. The summed E-state index contributed by atoms with van der Waals surface area (Å²) in [4.78, 5) is 16.4. The van der Waals surface area contributed by atoms with E-state index in [0.29, 0.717) is 17.2 Å². The van der Waals surface area contributed by atoms with Crippen LogP contribution in [0.3, 0.4) is 0 Å². The summed E-state index contributed by atoms with van der Waals surface area (Å²) in [6.45, 7) is 4.06. The number of oxazole rings is 1. The first-order valence-corrected chi connectivity index (χ1v) is 7.56. The molecule has 1 aromatic heterocycles. The molecule has 116 valence electrons. The van der Waals surface area contributed by atoms with E-state index in [1.807, 2.05) is 56.3 Å². The van der Waals surface area contributed by atoms with E-state index in [-0.39, 0.29) is 11.8 Å². The number of nitrogens with zero attached hydrogens (tertiary/aromatic N) is 1. The molecule has 3 aromatic rings. The Morgan fingerprint density at radius 3 is 2.70 bits per heavy atom. The molecule has 0 aliphatic rings. The van der Waals surface area contributed by atoms with Crippen molar-refractivity contribution in [3.63, 3.8) is 0 Å². The fraction of sp³-hybridized carbons (Fsp3) is 0.158. The Morgan fingerprint density at radius 2 is 1.96 bits per heavy atom. The van der Waals surface area contributed by atoms with Gasteiger partial charge in [0.1, 0.15) is 5.52 Å². The quantitative estimate of drug-likeness (QED) is 0.716. The summed E-state index contributed by atoms with van der Waals surface area (Å²) in [7, 11) is 0. The van der Waals surface area contributed by atoms with Crippen LogP contribution in [-0.4, -0.2) is 10.9 Å². The van der Waals surface area contributed by atoms with Gasteiger partial charge in [-0.3, -0.25) is 4.79 Å². The van der Waals surface area contributed by atoms with E-state index >= 15 is 0 Å². The topological polar surface area (TPSA) is 55.1 Å². The molecule has 0 aliphatic heterocycles. The van der Waals surface area contributed by atoms with Gasteiger partial charge in [0.05, 0.1) is 0 Å². The lowest BCUT2D eigenvalue weighted by molar-refractivity contribution is -0.111. The molecule has 0 bridgehead atoms. The number of carbonyl (C=O) groups is 1. The van der Waals surface area contributed by atoms with Gasteiger partial charge in [0.2, 0.25) is 5.91 Å². The Kier molecular flexibility index (Phi) is 4.24. The molecule has 0 radical (unpaired) electrons. The minimum atomic E-state index is -0.184. The molecule has 0 fully saturated rings. The van der Waals surface area contributed by atoms with Crippen molar-refractivity contribution < 1.29 is 9.21 Å². The van der Waals surface area contributed by atoms with Crippen LogP contribution >= 0.6 is 0 Å². The number of amides is 1. The van der Waals surface area contributed by atoms with Crippen LogP contribution in [-0.2, 0) is 4.79 Å². The second-order valence-corrected chi connectivity index (χ2v) is 5.62. The van der Waals surface area contributed by atoms with Crippen LogP contribution in [0.5, 0.6) is 0 Å². The van der Waals surface area contributed by atoms with E-state index in [4.69, 9.17) is 4.42 Å². The Hall–Kier alpha value is -2.88. The van der Waals surface area contributed by atoms with Crippen molar-refractivity contribution in [1.29, 1.82) is 0 Å². The van der Waals surface area contributed by atoms with Crippen LogP contribution in [0.25, 0.3) is 17.2 Å². The molecule has 23 heavy (non-hydrogen) atoms. The van der Waals surface area contributed by atoms with Gasteiger partial charge in [-0.1, -0.05) is 44.2 Å². The molecule has 2 aromatic carbocycles. The lowest BCUT2D eigenvalue weighted by Gasteiger charge is -2.01. The molecular formula is C19H18N2O2. The smallest absolute Gasteiger partial charge is 0.248 e. The predicted molar refractivity (Wildman–Crippen MR) is 92.2 cm³/mol. The summed E-state index contributed by atoms with van der Waals surface area (Å²) in [6.07, 6.45) is 3.29. The van der Waals surface area contributed by atoms with Crippen LogP contribution < -0.4 is 5.32 Å². The summed E-state index contributed by atoms with van der Waals surface area (Å²) in [5, 5.41) is 2.83. The maximum atomic E-state index is 12.0. The Morgan fingerprint density at radius 1 is 1.17 bits per heavy atom. The number of aromatic nitrogens is 1. The maximum Gasteiger partial charge on any atom is 0.248 e. The Balaban J connectivity index is 1.73. The number of nitrogens with one attached hydrogen (secondary N) is 1. The lowest BCUT2D eigenvalue weighted by Crippen LogP contribution is -2.07. The molecule has 1 amide bonds. The van der Waals surface area contributed by atoms with Gasteiger partial charge in [0, 0.05) is 23.7 Å². The van der Waals surface area contributed by atoms with Crippen molar-refractivity contribution in [1.82, 2.24) is 4.98 Å². The van der Waals surface area contributed by atoms with E-state index in [0.717, 1.165) is 11.1 Å². The fourth-order valence-electron chi connectivity index (χ4n) is 2.19. The van der Waals surface area contributed by atoms with Gasteiger partial charge in [-0.2, -0.15) is 0 Å². The summed E-state index contributed by atoms with van der Waals surface area (Å²) in [6, 6.07) is 15.2. The average Bonchev–Trinajstić information content (AvgIpc) is 2.97. The van der Waals surface area contributed by atoms with E-state index < -0.39 is 0 Å². The van der Waals surface area contributed by atoms with Gasteiger partial charge >= 0.3 is 0 Å². The first-order valence-electron chi connectivity index (χ1n) is 7.56. The minimum absolute atomic E-state index is 0.184. The lowest BCUT2D eigenvalue weighted by atomic mass is 10.2. The minimum Gasteiger partial charge on any atom is -0.440 e. The largest absolute Gasteiger partial charge is 0.440 e. The third-order valence-corrected chi connectivity index (χ3v) is 3.39. The Labute approximate surface area is 134 Å². The first kappa shape index (κ1) is 15.0. The molecule has 4 nitrogen and oxygen atoms in total. The Bertz CT molecular complexity index is 848. The SMILES string of the molecule is CC(C)c1nc2ccc(NC(=O)/C=C/c3ccccc3)cc2o1. The van der Waals surface area contributed by atoms with Gasteiger partial charge < -0.3 is 9.73 Å². The van der Waals surface area contributed by atoms with E-state index in [1.54, 1.807) is 12.1 Å². The maximum absolute atomic E-state index is 12.0. The second-order valence-electron chi connectivity index (χ2n) is 5.62. The van der Waals surface area contributed by atoms with Gasteiger partial charge in [-0.25, -0.2) is 4.98 Å². The number of rotatable bonds is 4. The molecule has 0 saturated carbocycles. The van der Waals surface area contributed by atoms with Crippen LogP contribution in [0.2, 0.25) is 0 Å². The zero-order chi connectivity index (χ0) is 16.2. The molecule has 1 N–H and O–H groups in total. The molecule has 1 heterocycles. The van der Waals surface area contributed by atoms with Gasteiger partial charge in [0.15, 0.2) is 11.5 Å². The van der Waals surface area contributed by atoms with Gasteiger partial charge in [-0.05, 0) is 23.8 Å². The second kappa shape index (κ2) is 6.48. The van der Waals surface area contributed by atoms with Gasteiger partial charge in [0.25, 0.3) is 0 Å². The van der Waals surface area contributed by atoms with E-state index in [9.17, 15) is 4.79 Å². The van der Waals surface area contributed by atoms with E-state index in [1.165, 1.54) is 6.08 Å². The predicted octanol–water partition coefficient (Wildman–Crippen LogP) is 4.60. The van der Waals surface area contributed by atoms with Crippen LogP contribution in [0.15, 0.2) is 59.0 Å². The summed E-state index contributed by atoms with van der Waals surface area (Å²) in [5.74, 6) is 0.749. The average molecular weight is 306 g/mol. The number of carbonyl (C=O) groups excluding carboxylic acids is 1. The number of benzene rings is 2. The highest BCUT2D eigenvalue weighted by atomic mass is 16.3. The molecule has 0 saturated heterocycles. The van der Waals surface area contributed by atoms with Gasteiger partial charge in [-0.15, -0.1) is 0 Å². The third kappa shape index (κ3) is 3.66. The monoisotopic (exact) mass is 306 g/mol. The molecule has 0 spiro atoms. The molecule has 0 aliphatic carbocycles. The molecule has 3 rings (SSSR count). The van der Waals surface area contributed by atoms with Crippen molar-refractivity contribution >= 4 is 28.8 Å². The molecular weight excluding hydrogens is 288 g/mol. The summed E-state index contributed by atoms with van der Waals surface area (Å²) >= 11 is 0. The number of fused-ring (bicyclic) bond motifs is 1. The molecule has 0 atom stereocenters. The summed E-state index contributed by atoms with van der Waals surface area (Å²) < 4.78 is 5.70. The van der Waals surface area contributed by atoms with Crippen molar-refractivity contribution in [2.24, 2.45) is 0 Å². The zero-order valence-corrected chi connectivity index (χ0v) is 13.1. The standard InChI is InChI=1S/C19H18N2O2/c1-13(2)19-21-16-10-9-15(12-17(16)23-19)20-18(22)11-8-14-6-4-3-5-7-14/h3-13H,1-2H3,(H,20,22)/b11-8+. The number of anilines is 1. The van der Waals surface area contributed by atoms with Crippen molar-refractivity contribution in [3.05, 3.63) is 66.1 Å². The highest BCUT2D eigenvalue weighted by Crippen LogP contribution is 2.23. The van der Waals surface area contributed by atoms with Crippen molar-refractivity contribution in [3.8, 4) is 0 Å². The van der Waals surface area contributed by atoms with Crippen LogP contribution in [0, 0.1) is 0 Å². The van der Waals surface area contributed by atoms with Crippen molar-refractivity contribution in [2.45, 2.75) is 19.8 Å².